The molecule has 0 radical (unpaired) electrons. The Morgan fingerprint density at radius 2 is 2.10 bits per heavy atom. The summed E-state index contributed by atoms with van der Waals surface area (Å²) in [4.78, 5) is 10.5. The smallest absolute Gasteiger partial charge is 0.416 e. The Labute approximate surface area is 111 Å². The Morgan fingerprint density at radius 3 is 2.70 bits per heavy atom. The Morgan fingerprint density at radius 1 is 1.40 bits per heavy atom. The van der Waals surface area contributed by atoms with Crippen LogP contribution in [0.4, 0.5) is 13.2 Å². The summed E-state index contributed by atoms with van der Waals surface area (Å²) in [7, 11) is 0. The van der Waals surface area contributed by atoms with Crippen molar-refractivity contribution in [3.63, 3.8) is 0 Å². The van der Waals surface area contributed by atoms with Crippen molar-refractivity contribution in [2.45, 2.75) is 19.5 Å². The maximum Gasteiger partial charge on any atom is 0.416 e. The quantitative estimate of drug-likeness (QED) is 0.939. The molecule has 0 saturated heterocycles. The highest BCUT2D eigenvalue weighted by Crippen LogP contribution is 2.32. The molecule has 0 bridgehead atoms. The van der Waals surface area contributed by atoms with Crippen LogP contribution in [0.3, 0.4) is 0 Å². The number of aliphatic carboxylic acids is 1. The van der Waals surface area contributed by atoms with Crippen molar-refractivity contribution in [3.05, 3.63) is 41.2 Å². The zero-order valence-electron chi connectivity index (χ0n) is 10.3. The second-order valence-corrected chi connectivity index (χ2v) is 4.22. The van der Waals surface area contributed by atoms with Crippen LogP contribution < -0.4 is 0 Å². The van der Waals surface area contributed by atoms with Gasteiger partial charge in [0.2, 0.25) is 0 Å². The number of aromatic nitrogens is 3. The normalized spacial score (nSPS) is 11.6. The minimum absolute atomic E-state index is 0.104. The van der Waals surface area contributed by atoms with Gasteiger partial charge in [-0.2, -0.15) is 13.2 Å². The first kappa shape index (κ1) is 14.0. The van der Waals surface area contributed by atoms with Crippen molar-refractivity contribution < 1.29 is 23.1 Å². The topological polar surface area (TPSA) is 68.0 Å². The number of carboxylic acid groups (broad SMARTS) is 1. The third kappa shape index (κ3) is 2.95. The molecular formula is C12H10F3N3O2. The molecule has 5 nitrogen and oxygen atoms in total. The molecule has 8 heteroatoms. The number of halogens is 3. The third-order valence-electron chi connectivity index (χ3n) is 2.66. The van der Waals surface area contributed by atoms with Gasteiger partial charge in [0.05, 0.1) is 29.6 Å². The fourth-order valence-electron chi connectivity index (χ4n) is 1.72. The molecule has 0 fully saturated rings. The van der Waals surface area contributed by atoms with Crippen LogP contribution in [0.5, 0.6) is 0 Å². The highest BCUT2D eigenvalue weighted by molar-refractivity contribution is 5.69. The van der Waals surface area contributed by atoms with E-state index in [0.29, 0.717) is 0 Å². The van der Waals surface area contributed by atoms with Crippen LogP contribution in [0.1, 0.15) is 16.8 Å². The predicted octanol–water partition coefficient (Wildman–Crippen LogP) is 2.22. The molecule has 0 saturated carbocycles. The Balaban J connectivity index is 2.38. The van der Waals surface area contributed by atoms with E-state index in [9.17, 15) is 18.0 Å². The van der Waals surface area contributed by atoms with E-state index in [1.807, 2.05) is 0 Å². The molecule has 0 aliphatic carbocycles. The van der Waals surface area contributed by atoms with Crippen molar-refractivity contribution in [1.82, 2.24) is 15.0 Å². The molecule has 2 rings (SSSR count). The van der Waals surface area contributed by atoms with Gasteiger partial charge in [0.15, 0.2) is 0 Å². The summed E-state index contributed by atoms with van der Waals surface area (Å²) < 4.78 is 39.5. The Hall–Kier alpha value is -2.38. The van der Waals surface area contributed by atoms with Crippen molar-refractivity contribution in [3.8, 4) is 5.69 Å². The van der Waals surface area contributed by atoms with Gasteiger partial charge in [0.25, 0.3) is 0 Å². The molecule has 20 heavy (non-hydrogen) atoms. The van der Waals surface area contributed by atoms with E-state index < -0.39 is 17.7 Å². The van der Waals surface area contributed by atoms with Crippen LogP contribution in [0.25, 0.3) is 5.69 Å². The number of alkyl halides is 3. The highest BCUT2D eigenvalue weighted by atomic mass is 19.4. The predicted molar refractivity (Wildman–Crippen MR) is 62.4 cm³/mol. The minimum atomic E-state index is -4.45. The summed E-state index contributed by atoms with van der Waals surface area (Å²) in [6.45, 7) is 1.36. The van der Waals surface area contributed by atoms with Crippen molar-refractivity contribution in [2.24, 2.45) is 0 Å². The van der Waals surface area contributed by atoms with Crippen molar-refractivity contribution >= 4 is 5.97 Å². The molecule has 0 aliphatic heterocycles. The average Bonchev–Trinajstić information content (AvgIpc) is 2.75. The standard InChI is InChI=1S/C12H10F3N3O2/c1-7-2-3-9(5-10(7)12(13,14)15)18-6-8(16-17-18)4-11(19)20/h2-3,5-6H,4H2,1H3,(H,19,20). The molecule has 1 N–H and O–H groups in total. The van der Waals surface area contributed by atoms with Crippen LogP contribution in [0.2, 0.25) is 0 Å². The maximum atomic E-state index is 12.8. The number of carboxylic acids is 1. The summed E-state index contributed by atoms with van der Waals surface area (Å²) in [5, 5.41) is 15.8. The van der Waals surface area contributed by atoms with E-state index in [-0.39, 0.29) is 23.4 Å². The third-order valence-corrected chi connectivity index (χ3v) is 2.66. The number of aryl methyl sites for hydroxylation is 1. The zero-order valence-corrected chi connectivity index (χ0v) is 10.3. The molecule has 1 heterocycles. The molecular weight excluding hydrogens is 275 g/mol. The van der Waals surface area contributed by atoms with Gasteiger partial charge in [0, 0.05) is 0 Å². The first-order valence-electron chi connectivity index (χ1n) is 5.58. The average molecular weight is 285 g/mol. The number of rotatable bonds is 3. The summed E-state index contributed by atoms with van der Waals surface area (Å²) in [6.07, 6.45) is -3.50. The van der Waals surface area contributed by atoms with Gasteiger partial charge in [-0.05, 0) is 24.6 Å². The van der Waals surface area contributed by atoms with E-state index in [2.05, 4.69) is 10.3 Å². The van der Waals surface area contributed by atoms with Crippen LogP contribution in [0.15, 0.2) is 24.4 Å². The lowest BCUT2D eigenvalue weighted by atomic mass is 10.1. The van der Waals surface area contributed by atoms with Crippen LogP contribution >= 0.6 is 0 Å². The molecule has 0 spiro atoms. The lowest BCUT2D eigenvalue weighted by molar-refractivity contribution is -0.138. The number of hydrogen-bond acceptors (Lipinski definition) is 3. The summed E-state index contributed by atoms with van der Waals surface area (Å²) in [5.41, 5.74) is -0.309. The minimum Gasteiger partial charge on any atom is -0.481 e. The van der Waals surface area contributed by atoms with Crippen molar-refractivity contribution in [2.75, 3.05) is 0 Å². The number of carbonyl (C=O) groups is 1. The molecule has 106 valence electrons. The van der Waals surface area contributed by atoms with Gasteiger partial charge in [-0.25, -0.2) is 4.68 Å². The SMILES string of the molecule is Cc1ccc(-n2cc(CC(=O)O)nn2)cc1C(F)(F)F. The summed E-state index contributed by atoms with van der Waals surface area (Å²) >= 11 is 0. The molecule has 1 aromatic heterocycles. The highest BCUT2D eigenvalue weighted by Gasteiger charge is 2.32. The van der Waals surface area contributed by atoms with Gasteiger partial charge >= 0.3 is 12.1 Å². The molecule has 1 aromatic carbocycles. The van der Waals surface area contributed by atoms with Gasteiger partial charge in [-0.3, -0.25) is 4.79 Å². The Kier molecular flexibility index (Phi) is 3.47. The largest absolute Gasteiger partial charge is 0.481 e. The Bertz CT molecular complexity index is 650. The first-order chi connectivity index (χ1) is 9.27. The molecule has 0 aliphatic rings. The lowest BCUT2D eigenvalue weighted by Gasteiger charge is -2.11. The van der Waals surface area contributed by atoms with Crippen LogP contribution in [-0.4, -0.2) is 26.1 Å². The number of hydrogen-bond donors (Lipinski definition) is 1. The van der Waals surface area contributed by atoms with E-state index >= 15 is 0 Å². The van der Waals surface area contributed by atoms with E-state index in [1.54, 1.807) is 0 Å². The van der Waals surface area contributed by atoms with Gasteiger partial charge in [-0.1, -0.05) is 11.3 Å². The number of nitrogens with zero attached hydrogens (tertiary/aromatic N) is 3. The fourth-order valence-corrected chi connectivity index (χ4v) is 1.72. The zero-order chi connectivity index (χ0) is 14.9. The van der Waals surface area contributed by atoms with Gasteiger partial charge in [-0.15, -0.1) is 5.10 Å². The van der Waals surface area contributed by atoms with Crippen molar-refractivity contribution in [1.29, 1.82) is 0 Å². The summed E-state index contributed by atoms with van der Waals surface area (Å²) in [6, 6.07) is 3.75. The van der Waals surface area contributed by atoms with E-state index in [1.165, 1.54) is 25.3 Å². The summed E-state index contributed by atoms with van der Waals surface area (Å²) in [5.74, 6) is -1.09. The van der Waals surface area contributed by atoms with Gasteiger partial charge in [0.1, 0.15) is 0 Å². The first-order valence-corrected chi connectivity index (χ1v) is 5.58. The second kappa shape index (κ2) is 4.95. The second-order valence-electron chi connectivity index (χ2n) is 4.22. The van der Waals surface area contributed by atoms with Gasteiger partial charge < -0.3 is 5.11 Å². The van der Waals surface area contributed by atoms with Crippen LogP contribution in [0, 0.1) is 6.92 Å². The van der Waals surface area contributed by atoms with E-state index in [0.717, 1.165) is 10.7 Å². The molecule has 0 unspecified atom stereocenters. The molecule has 2 aromatic rings. The molecule has 0 amide bonds. The monoisotopic (exact) mass is 285 g/mol. The molecule has 0 atom stereocenters. The maximum absolute atomic E-state index is 12.8. The van der Waals surface area contributed by atoms with E-state index in [4.69, 9.17) is 5.11 Å². The van der Waals surface area contributed by atoms with Crippen LogP contribution in [-0.2, 0) is 17.4 Å². The fraction of sp³-hybridized carbons (Fsp3) is 0.250. The lowest BCUT2D eigenvalue weighted by Crippen LogP contribution is -2.09. The number of benzene rings is 1.